The van der Waals surface area contributed by atoms with Gasteiger partial charge in [0.05, 0.1) is 23.0 Å². The summed E-state index contributed by atoms with van der Waals surface area (Å²) < 4.78 is 15.7. The van der Waals surface area contributed by atoms with Crippen molar-refractivity contribution in [2.45, 2.75) is 6.92 Å². The Balaban J connectivity index is 1.77. The minimum Gasteiger partial charge on any atom is -0.267 e. The molecule has 2 heterocycles. The van der Waals surface area contributed by atoms with Crippen molar-refractivity contribution < 1.29 is 14.0 Å². The predicted octanol–water partition coefficient (Wildman–Crippen LogP) is 4.22. The number of nitrogens with zero attached hydrogens (tertiary/aromatic N) is 2. The van der Waals surface area contributed by atoms with Gasteiger partial charge in [0, 0.05) is 22.1 Å². The molecule has 2 N–H and O–H groups in total. The van der Waals surface area contributed by atoms with Crippen molar-refractivity contribution in [2.24, 2.45) is 5.10 Å². The highest BCUT2D eigenvalue weighted by molar-refractivity contribution is 6.18. The zero-order valence-corrected chi connectivity index (χ0v) is 16.5. The first-order chi connectivity index (χ1) is 15.1. The van der Waals surface area contributed by atoms with Crippen LogP contribution in [0.25, 0.3) is 22.2 Å². The first-order valence-corrected chi connectivity index (χ1v) is 9.69. The number of carbonyl (C=O) groups excluding carboxylic acids is 2. The lowest BCUT2D eigenvalue weighted by atomic mass is 10.0. The summed E-state index contributed by atoms with van der Waals surface area (Å²) in [5.41, 5.74) is 9.20. The van der Waals surface area contributed by atoms with E-state index in [-0.39, 0.29) is 17.0 Å². The van der Waals surface area contributed by atoms with E-state index in [0.29, 0.717) is 27.7 Å². The molecule has 7 heteroatoms. The topological polar surface area (TPSA) is 75.5 Å². The van der Waals surface area contributed by atoms with E-state index in [1.807, 2.05) is 36.4 Å². The van der Waals surface area contributed by atoms with Crippen LogP contribution in [-0.4, -0.2) is 22.7 Å². The maximum atomic E-state index is 14.0. The average molecular weight is 412 g/mol. The molecule has 1 aromatic heterocycles. The van der Waals surface area contributed by atoms with Crippen LogP contribution in [0.5, 0.6) is 0 Å². The largest absolute Gasteiger partial charge is 0.272 e. The third-order valence-corrected chi connectivity index (χ3v) is 5.41. The number of hydrazone groups is 1. The van der Waals surface area contributed by atoms with Gasteiger partial charge >= 0.3 is 0 Å². The molecule has 0 fully saturated rings. The summed E-state index contributed by atoms with van der Waals surface area (Å²) in [6.07, 6.45) is 1.58. The van der Waals surface area contributed by atoms with Crippen molar-refractivity contribution in [2.75, 3.05) is 5.43 Å². The monoisotopic (exact) mass is 412 g/mol. The summed E-state index contributed by atoms with van der Waals surface area (Å²) in [6, 6.07) is 19.2. The van der Waals surface area contributed by atoms with E-state index in [1.54, 1.807) is 36.0 Å². The van der Waals surface area contributed by atoms with Crippen LogP contribution in [-0.2, 0) is 0 Å². The highest BCUT2D eigenvalue weighted by Gasteiger charge is 2.25. The first kappa shape index (κ1) is 18.7. The van der Waals surface area contributed by atoms with Gasteiger partial charge in [0.2, 0.25) is 0 Å². The van der Waals surface area contributed by atoms with E-state index in [1.165, 1.54) is 12.1 Å². The lowest BCUT2D eigenvalue weighted by Gasteiger charge is -2.15. The fraction of sp³-hybridized carbons (Fsp3) is 0.0417. The molecule has 31 heavy (non-hydrogen) atoms. The van der Waals surface area contributed by atoms with E-state index in [4.69, 9.17) is 0 Å². The van der Waals surface area contributed by atoms with Gasteiger partial charge in [0.25, 0.3) is 11.8 Å². The van der Waals surface area contributed by atoms with Crippen molar-refractivity contribution in [3.63, 3.8) is 0 Å². The number of halogens is 1. The Morgan fingerprint density at radius 3 is 2.61 bits per heavy atom. The molecule has 0 saturated heterocycles. The quantitative estimate of drug-likeness (QED) is 0.529. The zero-order chi connectivity index (χ0) is 21.5. The number of aromatic nitrogens is 1. The van der Waals surface area contributed by atoms with Gasteiger partial charge in [-0.3, -0.25) is 19.7 Å². The summed E-state index contributed by atoms with van der Waals surface area (Å²) >= 11 is 0. The molecule has 0 saturated carbocycles. The molecule has 0 aliphatic carbocycles. The maximum absolute atomic E-state index is 14.0. The molecule has 6 nitrogen and oxygen atoms in total. The molecule has 1 aliphatic heterocycles. The molecule has 1 aliphatic rings. The number of nitrogens with one attached hydrogen (secondary N) is 2. The summed E-state index contributed by atoms with van der Waals surface area (Å²) in [4.78, 5) is 25.6. The molecule has 0 atom stereocenters. The highest BCUT2D eigenvalue weighted by Crippen LogP contribution is 2.35. The Morgan fingerprint density at radius 2 is 1.81 bits per heavy atom. The normalized spacial score (nSPS) is 12.5. The Kier molecular flexibility index (Phi) is 4.36. The Morgan fingerprint density at radius 1 is 1.03 bits per heavy atom. The highest BCUT2D eigenvalue weighted by atomic mass is 19.1. The smallest absolute Gasteiger partial charge is 0.267 e. The number of amides is 2. The van der Waals surface area contributed by atoms with Crippen LogP contribution < -0.4 is 10.9 Å². The fourth-order valence-electron chi connectivity index (χ4n) is 3.91. The first-order valence-electron chi connectivity index (χ1n) is 9.69. The molecule has 5 rings (SSSR count). The molecular weight excluding hydrogens is 395 g/mol. The fourth-order valence-corrected chi connectivity index (χ4v) is 3.91. The zero-order valence-electron chi connectivity index (χ0n) is 16.5. The molecule has 152 valence electrons. The Labute approximate surface area is 177 Å². The van der Waals surface area contributed by atoms with Crippen molar-refractivity contribution in [1.82, 2.24) is 10.1 Å². The number of rotatable bonds is 3. The van der Waals surface area contributed by atoms with Gasteiger partial charge in [0.15, 0.2) is 0 Å². The van der Waals surface area contributed by atoms with Crippen molar-refractivity contribution in [1.29, 1.82) is 0 Å². The second-order valence-corrected chi connectivity index (χ2v) is 7.22. The van der Waals surface area contributed by atoms with Crippen molar-refractivity contribution >= 4 is 28.9 Å². The van der Waals surface area contributed by atoms with E-state index < -0.39 is 11.7 Å². The minimum atomic E-state index is -0.457. The van der Waals surface area contributed by atoms with Crippen LogP contribution in [0.1, 0.15) is 31.8 Å². The van der Waals surface area contributed by atoms with Gasteiger partial charge in [-0.05, 0) is 36.8 Å². The third kappa shape index (κ3) is 2.98. The Bertz CT molecular complexity index is 1390. The summed E-state index contributed by atoms with van der Waals surface area (Å²) in [6.45, 7) is 1.56. The molecule has 0 bridgehead atoms. The van der Waals surface area contributed by atoms with Crippen LogP contribution in [0, 0.1) is 12.7 Å². The maximum Gasteiger partial charge on any atom is 0.272 e. The van der Waals surface area contributed by atoms with Crippen LogP contribution in [0.2, 0.25) is 0 Å². The van der Waals surface area contributed by atoms with Gasteiger partial charge in [-0.15, -0.1) is 0 Å². The number of hydrogen-bond donors (Lipinski definition) is 2. The van der Waals surface area contributed by atoms with E-state index in [9.17, 15) is 14.0 Å². The lowest BCUT2D eigenvalue weighted by Crippen LogP contribution is -2.25. The van der Waals surface area contributed by atoms with E-state index >= 15 is 0 Å². The Hall–Kier alpha value is -4.26. The molecule has 0 radical (unpaired) electrons. The average Bonchev–Trinajstić information content (AvgIpc) is 2.98. The summed E-state index contributed by atoms with van der Waals surface area (Å²) in [5.74, 6) is -1.24. The second kappa shape index (κ2) is 7.21. The lowest BCUT2D eigenvalue weighted by molar-refractivity contribution is 0.0956. The van der Waals surface area contributed by atoms with Gasteiger partial charge in [-0.2, -0.15) is 5.10 Å². The standard InChI is InChI=1S/C24H17FN4O2/c1-14-16(9-5-11-19(14)25)24(31)28-29-20-12-6-10-17-21(20)18(13-26-27-23(17)30)22(29)15-7-3-2-4-8-15/h2-13H,1H3,(H,27,30)(H,28,31). The SMILES string of the molecule is Cc1c(F)cccc1C(=O)Nn1c(-c2ccccc2)c2c3c(cccc31)C(=O)NN=C2. The molecule has 0 spiro atoms. The molecule has 2 amide bonds. The van der Waals surface area contributed by atoms with E-state index in [2.05, 4.69) is 16.0 Å². The molecule has 4 aromatic rings. The van der Waals surface area contributed by atoms with Gasteiger partial charge in [0.1, 0.15) is 5.82 Å². The summed E-state index contributed by atoms with van der Waals surface area (Å²) in [7, 11) is 0. The van der Waals surface area contributed by atoms with Gasteiger partial charge in [-0.1, -0.05) is 42.5 Å². The molecule has 3 aromatic carbocycles. The van der Waals surface area contributed by atoms with Crippen LogP contribution in [0.3, 0.4) is 0 Å². The number of benzene rings is 3. The third-order valence-electron chi connectivity index (χ3n) is 5.41. The van der Waals surface area contributed by atoms with Crippen molar-refractivity contribution in [3.05, 3.63) is 94.8 Å². The number of carbonyl (C=O) groups is 2. The molecule has 0 unspecified atom stereocenters. The van der Waals surface area contributed by atoms with Crippen LogP contribution in [0.4, 0.5) is 4.39 Å². The molecular formula is C24H17FN4O2. The minimum absolute atomic E-state index is 0.233. The number of hydrogen-bond acceptors (Lipinski definition) is 3. The van der Waals surface area contributed by atoms with Gasteiger partial charge < -0.3 is 0 Å². The van der Waals surface area contributed by atoms with Gasteiger partial charge in [-0.25, -0.2) is 9.82 Å². The second-order valence-electron chi connectivity index (χ2n) is 7.22. The van der Waals surface area contributed by atoms with Crippen molar-refractivity contribution in [3.8, 4) is 11.3 Å². The summed E-state index contributed by atoms with van der Waals surface area (Å²) in [5, 5.41) is 4.73. The van der Waals surface area contributed by atoms with Crippen LogP contribution >= 0.6 is 0 Å². The predicted molar refractivity (Wildman–Crippen MR) is 117 cm³/mol. The van der Waals surface area contributed by atoms with E-state index in [0.717, 1.165) is 5.56 Å². The van der Waals surface area contributed by atoms with Crippen LogP contribution in [0.15, 0.2) is 71.8 Å².